The first-order valence-electron chi connectivity index (χ1n) is 8.45. The normalized spacial score (nSPS) is 13.1. The van der Waals surface area contributed by atoms with E-state index < -0.39 is 10.1 Å². The van der Waals surface area contributed by atoms with E-state index in [1.54, 1.807) is 19.2 Å². The van der Waals surface area contributed by atoms with Crippen LogP contribution >= 0.6 is 0 Å². The fourth-order valence-corrected chi connectivity index (χ4v) is 3.85. The van der Waals surface area contributed by atoms with E-state index in [2.05, 4.69) is 32.0 Å². The fraction of sp³-hybridized carbons (Fsp3) is 0.238. The Morgan fingerprint density at radius 1 is 0.846 bits per heavy atom. The van der Waals surface area contributed by atoms with E-state index in [1.807, 2.05) is 18.2 Å². The van der Waals surface area contributed by atoms with Gasteiger partial charge in [0.1, 0.15) is 5.75 Å². The molecule has 3 aromatic carbocycles. The standard InChI is InChI=1S/C21H22O4S/c1-14(2)21(15-7-10-20(11-8-15)26(22,23)24)18-5-4-17-13-19(25-3)9-6-16(17)12-18/h4-14,21H,1-3H3,(H,22,23,24). The Kier molecular flexibility index (Phi) is 5.03. The number of benzene rings is 3. The van der Waals surface area contributed by atoms with Gasteiger partial charge in [0.25, 0.3) is 10.1 Å². The molecule has 0 spiro atoms. The van der Waals surface area contributed by atoms with Crippen molar-refractivity contribution in [1.29, 1.82) is 0 Å². The molecule has 3 rings (SSSR count). The van der Waals surface area contributed by atoms with Gasteiger partial charge in [0.2, 0.25) is 0 Å². The Bertz CT molecular complexity index is 1020. The van der Waals surface area contributed by atoms with Crippen LogP contribution in [0.4, 0.5) is 0 Å². The van der Waals surface area contributed by atoms with Crippen LogP contribution in [0.5, 0.6) is 5.75 Å². The average Bonchev–Trinajstić information content (AvgIpc) is 2.61. The van der Waals surface area contributed by atoms with Gasteiger partial charge in [-0.15, -0.1) is 0 Å². The molecule has 5 heteroatoms. The lowest BCUT2D eigenvalue weighted by Crippen LogP contribution is -2.09. The third kappa shape index (κ3) is 3.74. The average molecular weight is 370 g/mol. The van der Waals surface area contributed by atoms with Crippen molar-refractivity contribution in [2.24, 2.45) is 5.92 Å². The second-order valence-corrected chi connectivity index (χ2v) is 8.16. The van der Waals surface area contributed by atoms with Crippen LogP contribution in [0.15, 0.2) is 65.6 Å². The molecule has 0 saturated carbocycles. The quantitative estimate of drug-likeness (QED) is 0.650. The highest BCUT2D eigenvalue weighted by Gasteiger charge is 2.19. The molecule has 1 atom stereocenters. The van der Waals surface area contributed by atoms with Gasteiger partial charge < -0.3 is 4.74 Å². The van der Waals surface area contributed by atoms with Gasteiger partial charge in [-0.25, -0.2) is 0 Å². The Morgan fingerprint density at radius 3 is 2.00 bits per heavy atom. The molecule has 136 valence electrons. The van der Waals surface area contributed by atoms with Crippen molar-refractivity contribution < 1.29 is 17.7 Å². The minimum atomic E-state index is -4.18. The molecule has 0 radical (unpaired) electrons. The number of hydrogen-bond acceptors (Lipinski definition) is 3. The van der Waals surface area contributed by atoms with Gasteiger partial charge in [-0.1, -0.05) is 50.2 Å². The van der Waals surface area contributed by atoms with Crippen LogP contribution in [0.3, 0.4) is 0 Å². The third-order valence-corrected chi connectivity index (χ3v) is 5.50. The van der Waals surface area contributed by atoms with Gasteiger partial charge in [0.15, 0.2) is 0 Å². The lowest BCUT2D eigenvalue weighted by molar-refractivity contribution is 0.415. The molecule has 0 saturated heterocycles. The van der Waals surface area contributed by atoms with Crippen molar-refractivity contribution >= 4 is 20.9 Å². The van der Waals surface area contributed by atoms with Crippen molar-refractivity contribution in [3.63, 3.8) is 0 Å². The van der Waals surface area contributed by atoms with Crippen molar-refractivity contribution in [2.45, 2.75) is 24.7 Å². The monoisotopic (exact) mass is 370 g/mol. The fourth-order valence-electron chi connectivity index (χ4n) is 3.37. The lowest BCUT2D eigenvalue weighted by atomic mass is 9.82. The van der Waals surface area contributed by atoms with Gasteiger partial charge in [0, 0.05) is 5.92 Å². The Hall–Kier alpha value is -2.37. The number of rotatable bonds is 5. The molecule has 0 aromatic heterocycles. The molecule has 0 aliphatic rings. The predicted molar refractivity (Wildman–Crippen MR) is 103 cm³/mol. The van der Waals surface area contributed by atoms with Crippen LogP contribution in [-0.2, 0) is 10.1 Å². The van der Waals surface area contributed by atoms with E-state index in [-0.39, 0.29) is 10.8 Å². The highest BCUT2D eigenvalue weighted by molar-refractivity contribution is 7.85. The first-order valence-corrected chi connectivity index (χ1v) is 9.89. The van der Waals surface area contributed by atoms with Crippen LogP contribution in [-0.4, -0.2) is 20.1 Å². The summed E-state index contributed by atoms with van der Waals surface area (Å²) in [4.78, 5) is -0.0886. The predicted octanol–water partition coefficient (Wildman–Crippen LogP) is 4.88. The largest absolute Gasteiger partial charge is 0.497 e. The molecule has 0 bridgehead atoms. The molecule has 4 nitrogen and oxygen atoms in total. The number of ether oxygens (including phenoxy) is 1. The summed E-state index contributed by atoms with van der Waals surface area (Å²) in [6.07, 6.45) is 0. The molecule has 1 N–H and O–H groups in total. The highest BCUT2D eigenvalue weighted by Crippen LogP contribution is 2.34. The number of methoxy groups -OCH3 is 1. The molecule has 3 aromatic rings. The van der Waals surface area contributed by atoms with Crippen LogP contribution in [0.1, 0.15) is 30.9 Å². The molecule has 26 heavy (non-hydrogen) atoms. The zero-order valence-corrected chi connectivity index (χ0v) is 15.8. The van der Waals surface area contributed by atoms with E-state index in [1.165, 1.54) is 12.1 Å². The minimum absolute atomic E-state index is 0.0886. The van der Waals surface area contributed by atoms with E-state index in [4.69, 9.17) is 9.29 Å². The number of fused-ring (bicyclic) bond motifs is 1. The highest BCUT2D eigenvalue weighted by atomic mass is 32.2. The Balaban J connectivity index is 2.04. The molecule has 0 heterocycles. The van der Waals surface area contributed by atoms with Crippen LogP contribution < -0.4 is 4.74 Å². The topological polar surface area (TPSA) is 63.6 Å². The van der Waals surface area contributed by atoms with Crippen molar-refractivity contribution in [3.8, 4) is 5.75 Å². The van der Waals surface area contributed by atoms with Crippen molar-refractivity contribution in [2.75, 3.05) is 7.11 Å². The van der Waals surface area contributed by atoms with Gasteiger partial charge in [-0.3, -0.25) is 4.55 Å². The van der Waals surface area contributed by atoms with Crippen LogP contribution in [0.2, 0.25) is 0 Å². The van der Waals surface area contributed by atoms with E-state index in [9.17, 15) is 8.42 Å². The van der Waals surface area contributed by atoms with Crippen LogP contribution in [0, 0.1) is 5.92 Å². The summed E-state index contributed by atoms with van der Waals surface area (Å²) >= 11 is 0. The summed E-state index contributed by atoms with van der Waals surface area (Å²) < 4.78 is 37.0. The smallest absolute Gasteiger partial charge is 0.294 e. The van der Waals surface area contributed by atoms with Crippen molar-refractivity contribution in [3.05, 3.63) is 71.8 Å². The molecule has 0 aliphatic heterocycles. The van der Waals surface area contributed by atoms with E-state index in [0.29, 0.717) is 5.92 Å². The molecule has 0 amide bonds. The Morgan fingerprint density at radius 2 is 1.42 bits per heavy atom. The minimum Gasteiger partial charge on any atom is -0.497 e. The zero-order valence-electron chi connectivity index (χ0n) is 15.0. The summed E-state index contributed by atoms with van der Waals surface area (Å²) in [5.41, 5.74) is 2.18. The summed E-state index contributed by atoms with van der Waals surface area (Å²) in [5.74, 6) is 1.27. The summed E-state index contributed by atoms with van der Waals surface area (Å²) in [6, 6.07) is 18.8. The summed E-state index contributed by atoms with van der Waals surface area (Å²) in [7, 11) is -2.52. The maximum Gasteiger partial charge on any atom is 0.294 e. The van der Waals surface area contributed by atoms with E-state index >= 15 is 0 Å². The zero-order chi connectivity index (χ0) is 18.9. The molecular weight excluding hydrogens is 348 g/mol. The van der Waals surface area contributed by atoms with Gasteiger partial charge in [-0.05, 0) is 52.1 Å². The van der Waals surface area contributed by atoms with Gasteiger partial charge >= 0.3 is 0 Å². The molecule has 0 fully saturated rings. The van der Waals surface area contributed by atoms with Gasteiger partial charge in [0.05, 0.1) is 12.0 Å². The van der Waals surface area contributed by atoms with Gasteiger partial charge in [-0.2, -0.15) is 8.42 Å². The Labute approximate surface area is 154 Å². The lowest BCUT2D eigenvalue weighted by Gasteiger charge is -2.23. The van der Waals surface area contributed by atoms with Crippen LogP contribution in [0.25, 0.3) is 10.8 Å². The van der Waals surface area contributed by atoms with E-state index in [0.717, 1.165) is 27.6 Å². The SMILES string of the molecule is COc1ccc2cc(C(c3ccc(S(=O)(=O)O)cc3)C(C)C)ccc2c1. The maximum absolute atomic E-state index is 11.3. The first-order chi connectivity index (χ1) is 12.3. The third-order valence-electron chi connectivity index (χ3n) is 4.63. The van der Waals surface area contributed by atoms with Crippen molar-refractivity contribution in [1.82, 2.24) is 0 Å². The maximum atomic E-state index is 11.3. The second kappa shape index (κ2) is 7.09. The second-order valence-electron chi connectivity index (χ2n) is 6.74. The molecular formula is C21H22O4S. The number of hydrogen-bond donors (Lipinski definition) is 1. The summed E-state index contributed by atoms with van der Waals surface area (Å²) in [5, 5.41) is 2.24. The summed E-state index contributed by atoms with van der Waals surface area (Å²) in [6.45, 7) is 4.28. The molecule has 0 aliphatic carbocycles. The molecule has 1 unspecified atom stereocenters. The first kappa shape index (κ1) is 18.4.